The second-order valence-electron chi connectivity index (χ2n) is 2.34. The van der Waals surface area contributed by atoms with Crippen molar-refractivity contribution in [1.82, 2.24) is 0 Å². The molecule has 0 aliphatic carbocycles. The molecule has 1 aromatic carbocycles. The first-order valence-corrected chi connectivity index (χ1v) is 7.26. The molecule has 1 rings (SSSR count). The average molecular weight is 410 g/mol. The minimum Gasteiger partial charge on any atom is -0.328 e. The van der Waals surface area contributed by atoms with E-state index in [0.29, 0.717) is 3.66 Å². The third kappa shape index (κ3) is 10.3. The van der Waals surface area contributed by atoms with Crippen molar-refractivity contribution in [3.63, 3.8) is 0 Å². The molecule has 0 amide bonds. The first kappa shape index (κ1) is 14.3. The van der Waals surface area contributed by atoms with Crippen molar-refractivity contribution in [2.24, 2.45) is 0 Å². The summed E-state index contributed by atoms with van der Waals surface area (Å²) in [7, 11) is -2.62. The fourth-order valence-electron chi connectivity index (χ4n) is 0.703. The number of hydrogen-bond donors (Lipinski definition) is 3. The van der Waals surface area contributed by atoms with Crippen LogP contribution in [0.25, 0.3) is 0 Å². The van der Waals surface area contributed by atoms with E-state index in [9.17, 15) is 0 Å². The quantitative estimate of drug-likeness (QED) is 0.498. The number of para-hydroxylation sites is 1. The molecule has 4 nitrogen and oxygen atoms in total. The van der Waals surface area contributed by atoms with E-state index < -0.39 is 8.60 Å². The van der Waals surface area contributed by atoms with E-state index in [2.05, 4.69) is 6.92 Å². The summed E-state index contributed by atoms with van der Waals surface area (Å²) in [5.41, 5.74) is 0. The van der Waals surface area contributed by atoms with Crippen molar-refractivity contribution in [2.45, 2.75) is 10.6 Å². The van der Waals surface area contributed by atoms with E-state index in [1.807, 2.05) is 30.3 Å². The summed E-state index contributed by atoms with van der Waals surface area (Å²) < 4.78 is 5.88. The van der Waals surface area contributed by atoms with Gasteiger partial charge in [-0.3, -0.25) is 0 Å². The van der Waals surface area contributed by atoms with Gasteiger partial charge in [-0.2, -0.15) is 0 Å². The number of benzene rings is 1. The van der Waals surface area contributed by atoms with Gasteiger partial charge < -0.3 is 14.7 Å². The minimum absolute atomic E-state index is 0.405. The van der Waals surface area contributed by atoms with E-state index in [1.165, 1.54) is 0 Å². The zero-order chi connectivity index (χ0) is 11.0. The first-order chi connectivity index (χ1) is 6.52. The van der Waals surface area contributed by atoms with Gasteiger partial charge in [-0.1, -0.05) is 0 Å². The van der Waals surface area contributed by atoms with Gasteiger partial charge >= 0.3 is 85.8 Å². The van der Waals surface area contributed by atoms with Crippen molar-refractivity contribution >= 4 is 34.4 Å². The summed E-state index contributed by atoms with van der Waals surface area (Å²) in [6.07, 6.45) is 0. The van der Waals surface area contributed by atoms with Crippen LogP contribution in [0.3, 0.4) is 0 Å². The summed E-state index contributed by atoms with van der Waals surface area (Å²) in [4.78, 5) is 21.7. The number of ether oxygens (including phenoxy) is 1. The van der Waals surface area contributed by atoms with Crippen LogP contribution in [0.2, 0.25) is 0 Å². The molecular weight excluding hydrogens is 398 g/mol. The van der Waals surface area contributed by atoms with Gasteiger partial charge in [0.15, 0.2) is 0 Å². The third-order valence-corrected chi connectivity index (χ3v) is 1.51. The Morgan fingerprint density at radius 2 is 1.64 bits per heavy atom. The normalized spacial score (nSPS) is 11.6. The monoisotopic (exact) mass is 411 g/mol. The maximum absolute atomic E-state index is 7.23. The molecule has 0 heterocycles. The standard InChI is InChI=1S/C8H9O.H3O3P.Pb/c1-2-9-8-6-4-3-5-7-8;1-4(2)3;/h2-7H,1H3;1-3H;. The van der Waals surface area contributed by atoms with Gasteiger partial charge in [0.25, 0.3) is 0 Å². The summed E-state index contributed by atoms with van der Waals surface area (Å²) in [6.45, 7) is 2.08. The molecular formula is C8H12O4PPb. The Morgan fingerprint density at radius 1 is 1.21 bits per heavy atom. The smallest absolute Gasteiger partial charge is 0.324 e. The van der Waals surface area contributed by atoms with Crippen LogP contribution in [0.15, 0.2) is 30.3 Å². The van der Waals surface area contributed by atoms with E-state index in [1.54, 1.807) is 0 Å². The van der Waals surface area contributed by atoms with E-state index in [4.69, 9.17) is 19.4 Å². The Balaban J connectivity index is 0.000000364. The van der Waals surface area contributed by atoms with Crippen molar-refractivity contribution in [3.8, 4) is 5.75 Å². The van der Waals surface area contributed by atoms with Crippen LogP contribution in [0.5, 0.6) is 5.75 Å². The molecule has 0 saturated heterocycles. The zero-order valence-corrected chi connectivity index (χ0v) is 12.4. The van der Waals surface area contributed by atoms with Crippen LogP contribution in [0, 0.1) is 0 Å². The number of rotatable bonds is 2. The van der Waals surface area contributed by atoms with Gasteiger partial charge in [0.2, 0.25) is 0 Å². The fourth-order valence-corrected chi connectivity index (χ4v) is 1.23. The topological polar surface area (TPSA) is 69.9 Å². The van der Waals surface area contributed by atoms with Gasteiger partial charge in [-0.05, 0) is 0 Å². The van der Waals surface area contributed by atoms with Gasteiger partial charge in [0, 0.05) is 0 Å². The predicted molar refractivity (Wildman–Crippen MR) is 55.9 cm³/mol. The summed E-state index contributed by atoms with van der Waals surface area (Å²) >= 11 is 1.08. The first-order valence-electron chi connectivity index (χ1n) is 3.82. The summed E-state index contributed by atoms with van der Waals surface area (Å²) in [5, 5.41) is 0. The van der Waals surface area contributed by atoms with Gasteiger partial charge in [0.05, 0.1) is 0 Å². The van der Waals surface area contributed by atoms with Crippen LogP contribution in [-0.2, 0) is 0 Å². The van der Waals surface area contributed by atoms with Crippen LogP contribution in [-0.4, -0.2) is 44.1 Å². The molecule has 0 fully saturated rings. The van der Waals surface area contributed by atoms with Crippen LogP contribution in [0.1, 0.15) is 6.92 Å². The van der Waals surface area contributed by atoms with Gasteiger partial charge in [-0.25, -0.2) is 0 Å². The molecule has 1 unspecified atom stereocenters. The maximum atomic E-state index is 7.23. The molecule has 0 bridgehead atoms. The molecule has 0 saturated carbocycles. The van der Waals surface area contributed by atoms with E-state index >= 15 is 0 Å². The second-order valence-corrected chi connectivity index (χ2v) is 6.04. The van der Waals surface area contributed by atoms with Crippen molar-refractivity contribution in [3.05, 3.63) is 30.3 Å². The minimum atomic E-state index is -2.62. The molecule has 0 aliphatic heterocycles. The molecule has 0 spiro atoms. The molecule has 14 heavy (non-hydrogen) atoms. The summed E-state index contributed by atoms with van der Waals surface area (Å²) in [6, 6.07) is 9.92. The van der Waals surface area contributed by atoms with Crippen LogP contribution < -0.4 is 4.74 Å². The summed E-state index contributed by atoms with van der Waals surface area (Å²) in [5.74, 6) is 0.977. The Morgan fingerprint density at radius 3 is 2.00 bits per heavy atom. The molecule has 0 aromatic heterocycles. The number of hydrogen-bond acceptors (Lipinski definition) is 4. The fraction of sp³-hybridized carbons (Fsp3) is 0.250. The Hall–Kier alpha value is 0.252. The largest absolute Gasteiger partial charge is 0.328 e. The van der Waals surface area contributed by atoms with Gasteiger partial charge in [-0.15, -0.1) is 0 Å². The molecule has 77 valence electrons. The SMILES string of the molecule is C[CH]([Pb])Oc1ccccc1.OP(O)O. The zero-order valence-electron chi connectivity index (χ0n) is 7.66. The van der Waals surface area contributed by atoms with Crippen molar-refractivity contribution < 1.29 is 19.4 Å². The predicted octanol–water partition coefficient (Wildman–Crippen LogP) is 0.770. The molecule has 3 N–H and O–H groups in total. The Labute approximate surface area is 100 Å². The molecule has 3 radical (unpaired) electrons. The molecule has 6 heteroatoms. The Kier molecular flexibility index (Phi) is 8.71. The van der Waals surface area contributed by atoms with Crippen LogP contribution >= 0.6 is 8.60 Å². The van der Waals surface area contributed by atoms with Gasteiger partial charge in [0.1, 0.15) is 0 Å². The van der Waals surface area contributed by atoms with E-state index in [0.717, 1.165) is 31.5 Å². The average Bonchev–Trinajstić information content (AvgIpc) is 2.03. The Bertz CT molecular complexity index is 227. The van der Waals surface area contributed by atoms with Crippen LogP contribution in [0.4, 0.5) is 0 Å². The molecule has 1 atom stereocenters. The maximum Gasteiger partial charge on any atom is 0.324 e. The van der Waals surface area contributed by atoms with E-state index in [-0.39, 0.29) is 0 Å². The van der Waals surface area contributed by atoms with Crippen molar-refractivity contribution in [2.75, 3.05) is 0 Å². The molecule has 0 aliphatic rings. The third-order valence-electron chi connectivity index (χ3n) is 1.06. The molecule has 1 aromatic rings. The second kappa shape index (κ2) is 8.55. The van der Waals surface area contributed by atoms with Crippen molar-refractivity contribution in [1.29, 1.82) is 0 Å².